The number of ether oxygens (including phenoxy) is 1. The Morgan fingerprint density at radius 3 is 2.56 bits per heavy atom. The molecule has 0 saturated carbocycles. The number of aromatic nitrogens is 2. The smallest absolute Gasteiger partial charge is 0.230 e. The molecule has 8 heteroatoms. The van der Waals surface area contributed by atoms with Gasteiger partial charge in [0.25, 0.3) is 0 Å². The summed E-state index contributed by atoms with van der Waals surface area (Å²) in [7, 11) is 1.55. The van der Waals surface area contributed by atoms with E-state index < -0.39 is 5.82 Å². The molecule has 6 nitrogen and oxygen atoms in total. The fraction of sp³-hybridized carbons (Fsp3) is 0.105. The maximum Gasteiger partial charge on any atom is 0.230 e. The highest BCUT2D eigenvalue weighted by molar-refractivity contribution is 6.31. The summed E-state index contributed by atoms with van der Waals surface area (Å²) in [5.74, 6) is 0.506. The van der Waals surface area contributed by atoms with E-state index in [9.17, 15) is 9.18 Å². The number of anilines is 3. The number of methoxy groups -OCH3 is 1. The van der Waals surface area contributed by atoms with Gasteiger partial charge in [-0.15, -0.1) is 10.2 Å². The van der Waals surface area contributed by atoms with Crippen LogP contribution in [0.15, 0.2) is 54.6 Å². The van der Waals surface area contributed by atoms with Crippen LogP contribution in [0.4, 0.5) is 21.7 Å². The monoisotopic (exact) mass is 386 g/mol. The van der Waals surface area contributed by atoms with Crippen LogP contribution in [-0.4, -0.2) is 23.2 Å². The van der Waals surface area contributed by atoms with E-state index >= 15 is 0 Å². The number of amides is 1. The van der Waals surface area contributed by atoms with Gasteiger partial charge in [-0.05, 0) is 42.0 Å². The highest BCUT2D eigenvalue weighted by Crippen LogP contribution is 2.29. The van der Waals surface area contributed by atoms with Crippen molar-refractivity contribution < 1.29 is 13.9 Å². The molecule has 1 aromatic heterocycles. The van der Waals surface area contributed by atoms with Crippen LogP contribution < -0.4 is 15.4 Å². The van der Waals surface area contributed by atoms with Gasteiger partial charge < -0.3 is 15.4 Å². The maximum atomic E-state index is 13.6. The van der Waals surface area contributed by atoms with Crippen LogP contribution >= 0.6 is 11.6 Å². The normalized spacial score (nSPS) is 10.3. The second-order valence-electron chi connectivity index (χ2n) is 5.59. The SMILES string of the molecule is COc1ccc(Cl)cc1Nc1ccc(NC(=O)Cc2ccccc2F)nn1. The minimum absolute atomic E-state index is 0.0892. The molecule has 0 atom stereocenters. The van der Waals surface area contributed by atoms with Gasteiger partial charge >= 0.3 is 0 Å². The Morgan fingerprint density at radius 1 is 1.11 bits per heavy atom. The number of rotatable bonds is 6. The maximum absolute atomic E-state index is 13.6. The van der Waals surface area contributed by atoms with Crippen molar-refractivity contribution in [2.45, 2.75) is 6.42 Å². The van der Waals surface area contributed by atoms with Crippen molar-refractivity contribution in [3.05, 3.63) is 71.0 Å². The van der Waals surface area contributed by atoms with Crippen molar-refractivity contribution in [1.82, 2.24) is 10.2 Å². The van der Waals surface area contributed by atoms with Gasteiger partial charge in [0.1, 0.15) is 11.6 Å². The number of benzene rings is 2. The van der Waals surface area contributed by atoms with E-state index in [1.165, 1.54) is 6.07 Å². The molecule has 0 bridgehead atoms. The predicted octanol–water partition coefficient (Wildman–Crippen LogP) is 4.20. The van der Waals surface area contributed by atoms with E-state index in [1.54, 1.807) is 55.6 Å². The Labute approximate surface area is 160 Å². The lowest BCUT2D eigenvalue weighted by molar-refractivity contribution is -0.115. The first-order valence-corrected chi connectivity index (χ1v) is 8.40. The molecule has 1 heterocycles. The number of hydrogen-bond acceptors (Lipinski definition) is 5. The lowest BCUT2D eigenvalue weighted by Crippen LogP contribution is -2.16. The Kier molecular flexibility index (Phi) is 5.83. The van der Waals surface area contributed by atoms with Gasteiger partial charge in [0.2, 0.25) is 5.91 Å². The molecule has 138 valence electrons. The first-order valence-electron chi connectivity index (χ1n) is 8.02. The van der Waals surface area contributed by atoms with Crippen molar-refractivity contribution in [2.75, 3.05) is 17.7 Å². The molecular formula is C19H16ClFN4O2. The minimum Gasteiger partial charge on any atom is -0.495 e. The summed E-state index contributed by atoms with van der Waals surface area (Å²) >= 11 is 5.99. The van der Waals surface area contributed by atoms with E-state index in [0.29, 0.717) is 27.8 Å². The zero-order chi connectivity index (χ0) is 19.2. The summed E-state index contributed by atoms with van der Waals surface area (Å²) in [4.78, 5) is 12.0. The molecule has 0 saturated heterocycles. The van der Waals surface area contributed by atoms with Crippen molar-refractivity contribution >= 4 is 34.8 Å². The Bertz CT molecular complexity index is 951. The van der Waals surface area contributed by atoms with Crippen LogP contribution in [0.3, 0.4) is 0 Å². The third kappa shape index (κ3) is 4.92. The fourth-order valence-electron chi connectivity index (χ4n) is 2.38. The summed E-state index contributed by atoms with van der Waals surface area (Å²) in [5, 5.41) is 14.1. The number of hydrogen-bond donors (Lipinski definition) is 2. The molecule has 0 spiro atoms. The second kappa shape index (κ2) is 8.46. The molecule has 0 aliphatic rings. The van der Waals surface area contributed by atoms with Gasteiger partial charge in [0.15, 0.2) is 11.6 Å². The molecular weight excluding hydrogens is 371 g/mol. The molecule has 0 aliphatic heterocycles. The molecule has 3 rings (SSSR count). The van der Waals surface area contributed by atoms with Gasteiger partial charge in [-0.1, -0.05) is 29.8 Å². The van der Waals surface area contributed by atoms with Crippen LogP contribution in [0, 0.1) is 5.82 Å². The zero-order valence-corrected chi connectivity index (χ0v) is 15.1. The van der Waals surface area contributed by atoms with Crippen molar-refractivity contribution in [1.29, 1.82) is 0 Å². The summed E-state index contributed by atoms with van der Waals surface area (Å²) in [6.45, 7) is 0. The number of carbonyl (C=O) groups is 1. The summed E-state index contributed by atoms with van der Waals surface area (Å²) < 4.78 is 18.9. The molecule has 3 aromatic rings. The van der Waals surface area contributed by atoms with E-state index in [4.69, 9.17) is 16.3 Å². The first-order chi connectivity index (χ1) is 13.0. The Hall–Kier alpha value is -3.19. The number of nitrogens with zero attached hydrogens (tertiary/aromatic N) is 2. The van der Waals surface area contributed by atoms with E-state index in [1.807, 2.05) is 0 Å². The zero-order valence-electron chi connectivity index (χ0n) is 14.4. The Balaban J connectivity index is 1.64. The van der Waals surface area contributed by atoms with Crippen molar-refractivity contribution in [2.24, 2.45) is 0 Å². The third-order valence-electron chi connectivity index (χ3n) is 3.67. The average molecular weight is 387 g/mol. The first kappa shape index (κ1) is 18.6. The van der Waals surface area contributed by atoms with Crippen LogP contribution in [0.2, 0.25) is 5.02 Å². The molecule has 27 heavy (non-hydrogen) atoms. The lowest BCUT2D eigenvalue weighted by Gasteiger charge is -2.11. The number of nitrogens with one attached hydrogen (secondary N) is 2. The van der Waals surface area contributed by atoms with Crippen molar-refractivity contribution in [3.8, 4) is 5.75 Å². The molecule has 0 unspecified atom stereocenters. The molecule has 2 aromatic carbocycles. The number of carbonyl (C=O) groups excluding carboxylic acids is 1. The third-order valence-corrected chi connectivity index (χ3v) is 3.90. The van der Waals surface area contributed by atoms with Gasteiger partial charge in [-0.2, -0.15) is 0 Å². The molecule has 0 fully saturated rings. The van der Waals surface area contributed by atoms with E-state index in [2.05, 4.69) is 20.8 Å². The van der Waals surface area contributed by atoms with Crippen LogP contribution in [-0.2, 0) is 11.2 Å². The van der Waals surface area contributed by atoms with Crippen LogP contribution in [0.1, 0.15) is 5.56 Å². The van der Waals surface area contributed by atoms with E-state index in [-0.39, 0.29) is 18.1 Å². The quantitative estimate of drug-likeness (QED) is 0.664. The van der Waals surface area contributed by atoms with Gasteiger partial charge in [-0.25, -0.2) is 4.39 Å². The van der Waals surface area contributed by atoms with E-state index in [0.717, 1.165) is 0 Å². The van der Waals surface area contributed by atoms with Gasteiger partial charge in [0, 0.05) is 5.02 Å². The van der Waals surface area contributed by atoms with Crippen LogP contribution in [0.5, 0.6) is 5.75 Å². The molecule has 0 radical (unpaired) electrons. The topological polar surface area (TPSA) is 76.1 Å². The molecule has 1 amide bonds. The predicted molar refractivity (Wildman–Crippen MR) is 102 cm³/mol. The Morgan fingerprint density at radius 2 is 1.85 bits per heavy atom. The standard InChI is InChI=1S/C19H16ClFN4O2/c1-27-16-7-6-13(20)11-15(16)22-17-8-9-18(25-24-17)23-19(26)10-12-4-2-3-5-14(12)21/h2-9,11H,10H2,1H3,(H,22,24)(H,23,25,26). The number of halogens is 2. The van der Waals surface area contributed by atoms with Gasteiger partial charge in [0.05, 0.1) is 19.2 Å². The summed E-state index contributed by atoms with van der Waals surface area (Å²) in [5.41, 5.74) is 0.949. The van der Waals surface area contributed by atoms with Gasteiger partial charge in [-0.3, -0.25) is 4.79 Å². The second-order valence-corrected chi connectivity index (χ2v) is 6.03. The minimum atomic E-state index is -0.422. The fourth-order valence-corrected chi connectivity index (χ4v) is 2.56. The molecule has 2 N–H and O–H groups in total. The lowest BCUT2D eigenvalue weighted by atomic mass is 10.1. The highest BCUT2D eigenvalue weighted by atomic mass is 35.5. The van der Waals surface area contributed by atoms with Crippen molar-refractivity contribution in [3.63, 3.8) is 0 Å². The average Bonchev–Trinajstić information content (AvgIpc) is 2.65. The largest absolute Gasteiger partial charge is 0.495 e. The summed E-state index contributed by atoms with van der Waals surface area (Å²) in [6.07, 6.45) is -0.0892. The summed E-state index contributed by atoms with van der Waals surface area (Å²) in [6, 6.07) is 14.5. The van der Waals surface area contributed by atoms with Crippen LogP contribution in [0.25, 0.3) is 0 Å². The highest BCUT2D eigenvalue weighted by Gasteiger charge is 2.10. The molecule has 0 aliphatic carbocycles.